The van der Waals surface area contributed by atoms with Gasteiger partial charge in [-0.3, -0.25) is 0 Å². The first-order valence-electron chi connectivity index (χ1n) is 3.35. The Labute approximate surface area is 109 Å². The molecular weight excluding hydrogens is 171 g/mol. The molecule has 0 aromatic rings. The smallest absolute Gasteiger partial charge is 0.548 e. The fourth-order valence-corrected chi connectivity index (χ4v) is 0.626. The Kier molecular flexibility index (Phi) is 12.1. The maximum atomic E-state index is 10.0. The molecule has 0 aliphatic carbocycles. The van der Waals surface area contributed by atoms with Crippen molar-refractivity contribution in [2.24, 2.45) is 11.5 Å². The molecule has 0 aromatic heterocycles. The number of unbranched alkanes of at least 4 members (excludes halogenated alkanes) is 1. The molecule has 0 aromatic carbocycles. The van der Waals surface area contributed by atoms with E-state index >= 15 is 0 Å². The Morgan fingerprint density at radius 3 is 2.36 bits per heavy atom. The Balaban J connectivity index is 0. The van der Waals surface area contributed by atoms with E-state index in [0.717, 1.165) is 12.8 Å². The number of carbonyl (C=O) groups is 1. The van der Waals surface area contributed by atoms with E-state index in [-0.39, 0.29) is 51.4 Å². The first-order valence-corrected chi connectivity index (χ1v) is 3.35. The maximum Gasteiger partial charge on any atom is 1.00 e. The molecule has 0 bridgehead atoms. The van der Waals surface area contributed by atoms with Crippen LogP contribution in [-0.4, -0.2) is 18.6 Å². The quantitative estimate of drug-likeness (QED) is 0.331. The molecule has 11 heavy (non-hydrogen) atoms. The van der Waals surface area contributed by atoms with Gasteiger partial charge >= 0.3 is 51.4 Å². The number of carboxylic acids is 1. The summed E-state index contributed by atoms with van der Waals surface area (Å²) in [5.41, 5.74) is 10.3. The van der Waals surface area contributed by atoms with Crippen LogP contribution in [0.15, 0.2) is 0 Å². The van der Waals surface area contributed by atoms with E-state index in [9.17, 15) is 9.90 Å². The van der Waals surface area contributed by atoms with Crippen LogP contribution >= 0.6 is 0 Å². The third-order valence-corrected chi connectivity index (χ3v) is 1.27. The molecule has 0 spiro atoms. The molecule has 0 amide bonds. The van der Waals surface area contributed by atoms with Gasteiger partial charge in [0.25, 0.3) is 0 Å². The minimum atomic E-state index is -1.18. The molecule has 0 fully saturated rings. The molecule has 0 saturated heterocycles. The van der Waals surface area contributed by atoms with Gasteiger partial charge in [-0.15, -0.1) is 0 Å². The number of hydrogen-bond acceptors (Lipinski definition) is 4. The van der Waals surface area contributed by atoms with Crippen molar-refractivity contribution in [3.8, 4) is 0 Å². The van der Waals surface area contributed by atoms with E-state index in [2.05, 4.69) is 0 Å². The molecule has 60 valence electrons. The van der Waals surface area contributed by atoms with Gasteiger partial charge in [0.1, 0.15) is 0 Å². The molecule has 0 rings (SSSR count). The van der Waals surface area contributed by atoms with Crippen molar-refractivity contribution in [3.63, 3.8) is 0 Å². The number of hydrogen-bond donors (Lipinski definition) is 2. The summed E-state index contributed by atoms with van der Waals surface area (Å²) in [6.45, 7) is 0.583. The Hall–Kier alpha value is 1.03. The van der Waals surface area contributed by atoms with Crippen molar-refractivity contribution < 1.29 is 61.3 Å². The van der Waals surface area contributed by atoms with Crippen molar-refractivity contribution in [2.75, 3.05) is 6.54 Å². The Bertz CT molecular complexity index is 111. The summed E-state index contributed by atoms with van der Waals surface area (Å²) in [7, 11) is 0. The molecule has 4 N–H and O–H groups in total. The molecule has 0 aliphatic heterocycles. The minimum Gasteiger partial charge on any atom is -0.548 e. The number of nitrogens with two attached hydrogens (primary N) is 2. The van der Waals surface area contributed by atoms with E-state index in [1.165, 1.54) is 0 Å². The monoisotopic (exact) mass is 184 g/mol. The van der Waals surface area contributed by atoms with Crippen molar-refractivity contribution >= 4 is 5.97 Å². The van der Waals surface area contributed by atoms with E-state index < -0.39 is 12.0 Å². The number of rotatable bonds is 5. The zero-order valence-electron chi connectivity index (χ0n) is 6.88. The van der Waals surface area contributed by atoms with Crippen molar-refractivity contribution in [1.29, 1.82) is 0 Å². The van der Waals surface area contributed by atoms with Crippen LogP contribution in [0.3, 0.4) is 0 Å². The number of aliphatic carboxylic acids is 1. The largest absolute Gasteiger partial charge is 1.00 e. The maximum absolute atomic E-state index is 10.0. The molecule has 1 atom stereocenters. The van der Waals surface area contributed by atoms with Crippen LogP contribution in [0.1, 0.15) is 19.3 Å². The third-order valence-electron chi connectivity index (χ3n) is 1.27. The summed E-state index contributed by atoms with van der Waals surface area (Å²) in [5, 5.41) is 10.0. The van der Waals surface area contributed by atoms with Gasteiger partial charge in [-0.2, -0.15) is 0 Å². The standard InChI is InChI=1S/C6H14N2O2.K/c7-4-2-1-3-5(8)6(9)10;/h5H,1-4,7-8H2,(H,9,10);/q;+1/p-1. The van der Waals surface area contributed by atoms with Crippen LogP contribution in [0.5, 0.6) is 0 Å². The minimum absolute atomic E-state index is 0. The van der Waals surface area contributed by atoms with E-state index in [4.69, 9.17) is 11.5 Å². The fourth-order valence-electron chi connectivity index (χ4n) is 0.626. The van der Waals surface area contributed by atoms with Gasteiger partial charge < -0.3 is 21.4 Å². The van der Waals surface area contributed by atoms with Crippen LogP contribution in [0.4, 0.5) is 0 Å². The Morgan fingerprint density at radius 2 is 2.00 bits per heavy atom. The summed E-state index contributed by atoms with van der Waals surface area (Å²) < 4.78 is 0. The molecule has 0 saturated carbocycles. The summed E-state index contributed by atoms with van der Waals surface area (Å²) in [6, 6.07) is -0.827. The molecule has 0 radical (unpaired) electrons. The fraction of sp³-hybridized carbons (Fsp3) is 0.833. The summed E-state index contributed by atoms with van der Waals surface area (Å²) in [5.74, 6) is -1.18. The summed E-state index contributed by atoms with van der Waals surface area (Å²) in [4.78, 5) is 10.0. The molecule has 0 heterocycles. The van der Waals surface area contributed by atoms with Crippen LogP contribution < -0.4 is 68.0 Å². The van der Waals surface area contributed by atoms with E-state index in [1.54, 1.807) is 0 Å². The number of carbonyl (C=O) groups excluding carboxylic acids is 1. The average Bonchev–Trinajstić information content (AvgIpc) is 1.88. The Morgan fingerprint density at radius 1 is 1.45 bits per heavy atom. The zero-order valence-corrected chi connectivity index (χ0v) is 10.0. The molecule has 4 nitrogen and oxygen atoms in total. The molecular formula is C6H13KN2O2. The van der Waals surface area contributed by atoms with E-state index in [0.29, 0.717) is 13.0 Å². The number of carboxylic acid groups (broad SMARTS) is 1. The first kappa shape index (κ1) is 14.5. The van der Waals surface area contributed by atoms with Gasteiger partial charge in [-0.05, 0) is 19.4 Å². The second-order valence-electron chi connectivity index (χ2n) is 2.21. The van der Waals surface area contributed by atoms with Crippen LogP contribution in [-0.2, 0) is 4.79 Å². The topological polar surface area (TPSA) is 92.2 Å². The molecule has 1 unspecified atom stereocenters. The predicted octanol–water partition coefficient (Wildman–Crippen LogP) is -4.80. The predicted molar refractivity (Wildman–Crippen MR) is 35.9 cm³/mol. The van der Waals surface area contributed by atoms with Gasteiger partial charge in [0, 0.05) is 6.04 Å². The van der Waals surface area contributed by atoms with Crippen LogP contribution in [0.2, 0.25) is 0 Å². The van der Waals surface area contributed by atoms with Crippen LogP contribution in [0, 0.1) is 0 Å². The van der Waals surface area contributed by atoms with Crippen LogP contribution in [0.25, 0.3) is 0 Å². The second-order valence-corrected chi connectivity index (χ2v) is 2.21. The second kappa shape index (κ2) is 9.12. The zero-order chi connectivity index (χ0) is 7.98. The van der Waals surface area contributed by atoms with Crippen molar-refractivity contribution in [1.82, 2.24) is 0 Å². The van der Waals surface area contributed by atoms with Gasteiger partial charge in [0.05, 0.1) is 5.97 Å². The molecule has 0 aliphatic rings. The third kappa shape index (κ3) is 8.94. The van der Waals surface area contributed by atoms with Gasteiger partial charge in [-0.25, -0.2) is 0 Å². The van der Waals surface area contributed by atoms with Crippen molar-refractivity contribution in [2.45, 2.75) is 25.3 Å². The first-order chi connectivity index (χ1) is 4.68. The van der Waals surface area contributed by atoms with Gasteiger partial charge in [-0.1, -0.05) is 6.42 Å². The summed E-state index contributed by atoms with van der Waals surface area (Å²) >= 11 is 0. The van der Waals surface area contributed by atoms with Crippen molar-refractivity contribution in [3.05, 3.63) is 0 Å². The summed E-state index contributed by atoms with van der Waals surface area (Å²) in [6.07, 6.45) is 2.03. The molecule has 5 heteroatoms. The SMILES string of the molecule is NCCCCC(N)C(=O)[O-].[K+]. The van der Waals surface area contributed by atoms with Gasteiger partial charge in [0.2, 0.25) is 0 Å². The average molecular weight is 184 g/mol. The van der Waals surface area contributed by atoms with Gasteiger partial charge in [0.15, 0.2) is 0 Å². The van der Waals surface area contributed by atoms with E-state index in [1.807, 2.05) is 0 Å². The normalized spacial score (nSPS) is 11.8.